The predicted octanol–water partition coefficient (Wildman–Crippen LogP) is 2.10. The van der Waals surface area contributed by atoms with Crippen LogP contribution in [0.15, 0.2) is 5.38 Å². The minimum absolute atomic E-state index is 0.0217. The van der Waals surface area contributed by atoms with Gasteiger partial charge in [-0.3, -0.25) is 0 Å². The molecule has 0 spiro atoms. The second-order valence-corrected chi connectivity index (χ2v) is 5.63. The number of carboxylic acid groups (broad SMARTS) is 1. The Bertz CT molecular complexity index is 484. The quantitative estimate of drug-likeness (QED) is 0.886. The summed E-state index contributed by atoms with van der Waals surface area (Å²) in [6, 6.07) is -0.0875. The van der Waals surface area contributed by atoms with E-state index in [0.29, 0.717) is 11.0 Å². The van der Waals surface area contributed by atoms with Crippen LogP contribution in [-0.4, -0.2) is 40.1 Å². The van der Waals surface area contributed by atoms with Gasteiger partial charge < -0.3 is 15.3 Å². The molecule has 7 heteroatoms. The molecule has 1 aromatic rings. The van der Waals surface area contributed by atoms with Gasteiger partial charge in [0.1, 0.15) is 5.01 Å². The molecule has 19 heavy (non-hydrogen) atoms. The molecule has 1 unspecified atom stereocenters. The highest BCUT2D eigenvalue weighted by Gasteiger charge is 2.26. The van der Waals surface area contributed by atoms with Crippen molar-refractivity contribution in [3.05, 3.63) is 16.1 Å². The second kappa shape index (κ2) is 5.56. The lowest BCUT2D eigenvalue weighted by Gasteiger charge is -2.35. The van der Waals surface area contributed by atoms with E-state index in [9.17, 15) is 9.59 Å². The number of carboxylic acids is 1. The highest BCUT2D eigenvalue weighted by molar-refractivity contribution is 7.09. The van der Waals surface area contributed by atoms with Gasteiger partial charge in [0, 0.05) is 18.5 Å². The van der Waals surface area contributed by atoms with Crippen molar-refractivity contribution < 1.29 is 14.7 Å². The first-order chi connectivity index (χ1) is 8.99. The van der Waals surface area contributed by atoms with Crippen LogP contribution >= 0.6 is 11.3 Å². The van der Waals surface area contributed by atoms with Crippen LogP contribution in [0.25, 0.3) is 0 Å². The molecule has 0 bridgehead atoms. The van der Waals surface area contributed by atoms with Crippen LogP contribution in [0.1, 0.15) is 47.7 Å². The van der Waals surface area contributed by atoms with E-state index in [1.807, 2.05) is 0 Å². The SMILES string of the molecule is CC(NC(=O)N(C)C1CCC1)c1nc(C(=O)O)cs1. The summed E-state index contributed by atoms with van der Waals surface area (Å²) in [5.41, 5.74) is 0.0217. The Labute approximate surface area is 115 Å². The summed E-state index contributed by atoms with van der Waals surface area (Å²) in [5, 5.41) is 13.7. The van der Waals surface area contributed by atoms with Crippen molar-refractivity contribution in [2.45, 2.75) is 38.3 Å². The molecule has 104 valence electrons. The lowest BCUT2D eigenvalue weighted by atomic mass is 9.92. The van der Waals surface area contributed by atoms with Gasteiger partial charge in [-0.25, -0.2) is 14.6 Å². The Kier molecular flexibility index (Phi) is 4.04. The van der Waals surface area contributed by atoms with Crippen molar-refractivity contribution in [1.29, 1.82) is 0 Å². The van der Waals surface area contributed by atoms with Crippen LogP contribution in [-0.2, 0) is 0 Å². The molecule has 1 saturated carbocycles. The van der Waals surface area contributed by atoms with Crippen LogP contribution in [0.3, 0.4) is 0 Å². The number of rotatable bonds is 4. The molecule has 2 rings (SSSR count). The van der Waals surface area contributed by atoms with E-state index >= 15 is 0 Å². The topological polar surface area (TPSA) is 82.5 Å². The fourth-order valence-corrected chi connectivity index (χ4v) is 2.67. The van der Waals surface area contributed by atoms with Gasteiger partial charge in [0.05, 0.1) is 6.04 Å². The Morgan fingerprint density at radius 1 is 1.58 bits per heavy atom. The van der Waals surface area contributed by atoms with Crippen LogP contribution in [0, 0.1) is 0 Å². The number of carbonyl (C=O) groups excluding carboxylic acids is 1. The van der Waals surface area contributed by atoms with Crippen molar-refractivity contribution in [3.8, 4) is 0 Å². The van der Waals surface area contributed by atoms with Crippen molar-refractivity contribution in [1.82, 2.24) is 15.2 Å². The van der Waals surface area contributed by atoms with E-state index in [1.54, 1.807) is 18.9 Å². The highest BCUT2D eigenvalue weighted by atomic mass is 32.1. The average Bonchev–Trinajstić information content (AvgIpc) is 2.75. The summed E-state index contributed by atoms with van der Waals surface area (Å²) >= 11 is 1.24. The van der Waals surface area contributed by atoms with Crippen LogP contribution in [0.2, 0.25) is 0 Å². The normalized spacial score (nSPS) is 16.5. The van der Waals surface area contributed by atoms with Crippen molar-refractivity contribution >= 4 is 23.3 Å². The zero-order chi connectivity index (χ0) is 14.0. The maximum Gasteiger partial charge on any atom is 0.355 e. The van der Waals surface area contributed by atoms with E-state index in [-0.39, 0.29) is 17.8 Å². The minimum Gasteiger partial charge on any atom is -0.476 e. The number of carbonyl (C=O) groups is 2. The summed E-state index contributed by atoms with van der Waals surface area (Å²) in [6.45, 7) is 1.80. The van der Waals surface area contributed by atoms with Crippen molar-refractivity contribution in [2.75, 3.05) is 7.05 Å². The van der Waals surface area contributed by atoms with E-state index in [1.165, 1.54) is 23.1 Å². The van der Waals surface area contributed by atoms with Crippen molar-refractivity contribution in [2.24, 2.45) is 0 Å². The number of hydrogen-bond acceptors (Lipinski definition) is 4. The molecule has 0 aliphatic heterocycles. The number of hydrogen-bond donors (Lipinski definition) is 2. The first-order valence-corrected chi connectivity index (χ1v) is 7.09. The van der Waals surface area contributed by atoms with Gasteiger partial charge in [-0.05, 0) is 26.2 Å². The lowest BCUT2D eigenvalue weighted by Crippen LogP contribution is -2.47. The third kappa shape index (κ3) is 3.04. The highest BCUT2D eigenvalue weighted by Crippen LogP contribution is 2.24. The molecule has 0 radical (unpaired) electrons. The number of nitrogens with one attached hydrogen (secondary N) is 1. The van der Waals surface area contributed by atoms with E-state index < -0.39 is 5.97 Å². The molecule has 1 heterocycles. The Morgan fingerprint density at radius 3 is 2.74 bits per heavy atom. The molecule has 0 saturated heterocycles. The van der Waals surface area contributed by atoms with Crippen LogP contribution in [0.4, 0.5) is 4.79 Å². The van der Waals surface area contributed by atoms with Gasteiger partial charge in [-0.2, -0.15) is 0 Å². The number of thiazole rings is 1. The van der Waals surface area contributed by atoms with Gasteiger partial charge >= 0.3 is 12.0 Å². The zero-order valence-electron chi connectivity index (χ0n) is 10.9. The molecule has 1 aromatic heterocycles. The molecule has 1 atom stereocenters. The molecule has 2 N–H and O–H groups in total. The zero-order valence-corrected chi connectivity index (χ0v) is 11.7. The lowest BCUT2D eigenvalue weighted by molar-refractivity contribution is 0.0691. The first kappa shape index (κ1) is 13.8. The summed E-state index contributed by atoms with van der Waals surface area (Å²) in [6.07, 6.45) is 3.28. The Balaban J connectivity index is 1.93. The van der Waals surface area contributed by atoms with Crippen LogP contribution in [0.5, 0.6) is 0 Å². The summed E-state index contributed by atoms with van der Waals surface area (Å²) in [7, 11) is 1.79. The van der Waals surface area contributed by atoms with E-state index in [4.69, 9.17) is 5.11 Å². The van der Waals surface area contributed by atoms with Crippen molar-refractivity contribution in [3.63, 3.8) is 0 Å². The van der Waals surface area contributed by atoms with E-state index in [0.717, 1.165) is 12.8 Å². The number of nitrogens with zero attached hydrogens (tertiary/aromatic N) is 2. The number of aromatic nitrogens is 1. The minimum atomic E-state index is -1.05. The molecule has 2 amide bonds. The van der Waals surface area contributed by atoms with Gasteiger partial charge in [-0.15, -0.1) is 11.3 Å². The monoisotopic (exact) mass is 283 g/mol. The predicted molar refractivity (Wildman–Crippen MR) is 71.4 cm³/mol. The molecular formula is C12H17N3O3S. The number of amides is 2. The molecule has 1 fully saturated rings. The number of urea groups is 1. The molecular weight excluding hydrogens is 266 g/mol. The van der Waals surface area contributed by atoms with Gasteiger partial charge in [0.15, 0.2) is 5.69 Å². The molecule has 6 nitrogen and oxygen atoms in total. The molecule has 1 aliphatic carbocycles. The van der Waals surface area contributed by atoms with Gasteiger partial charge in [0.25, 0.3) is 0 Å². The smallest absolute Gasteiger partial charge is 0.355 e. The number of aromatic carboxylic acids is 1. The summed E-state index contributed by atoms with van der Waals surface area (Å²) < 4.78 is 0. The standard InChI is InChI=1S/C12H17N3O3S/c1-7(10-14-9(6-19-10)11(16)17)13-12(18)15(2)8-4-3-5-8/h6-8H,3-5H2,1-2H3,(H,13,18)(H,16,17). The average molecular weight is 283 g/mol. The fourth-order valence-electron chi connectivity index (χ4n) is 1.87. The third-order valence-electron chi connectivity index (χ3n) is 3.39. The van der Waals surface area contributed by atoms with E-state index in [2.05, 4.69) is 10.3 Å². The third-order valence-corrected chi connectivity index (χ3v) is 4.42. The molecule has 0 aromatic carbocycles. The first-order valence-electron chi connectivity index (χ1n) is 6.21. The fraction of sp³-hybridized carbons (Fsp3) is 0.583. The largest absolute Gasteiger partial charge is 0.476 e. The maximum atomic E-state index is 12.0. The van der Waals surface area contributed by atoms with Gasteiger partial charge in [0.2, 0.25) is 0 Å². The Hall–Kier alpha value is -1.63. The summed E-state index contributed by atoms with van der Waals surface area (Å²) in [4.78, 5) is 28.4. The Morgan fingerprint density at radius 2 is 2.26 bits per heavy atom. The van der Waals surface area contributed by atoms with Gasteiger partial charge in [-0.1, -0.05) is 0 Å². The maximum absolute atomic E-state index is 12.0. The second-order valence-electron chi connectivity index (χ2n) is 4.74. The van der Waals surface area contributed by atoms with Crippen LogP contribution < -0.4 is 5.32 Å². The summed E-state index contributed by atoms with van der Waals surface area (Å²) in [5.74, 6) is -1.05. The molecule has 1 aliphatic rings.